The van der Waals surface area contributed by atoms with Crippen LogP contribution in [0.1, 0.15) is 37.3 Å². The van der Waals surface area contributed by atoms with E-state index in [1.54, 1.807) is 0 Å². The molecular weight excluding hydrogens is 390 g/mol. The smallest absolute Gasteiger partial charge is 0.308 e. The summed E-state index contributed by atoms with van der Waals surface area (Å²) in [6, 6.07) is 8.90. The van der Waals surface area contributed by atoms with E-state index in [1.165, 1.54) is 37.7 Å². The fourth-order valence-electron chi connectivity index (χ4n) is 4.35. The van der Waals surface area contributed by atoms with Crippen LogP contribution < -0.4 is 5.32 Å². The minimum absolute atomic E-state index is 0.0151. The third-order valence-electron chi connectivity index (χ3n) is 6.32. The number of guanidine groups is 1. The second kappa shape index (κ2) is 12.1. The number of piperidine rings is 1. The van der Waals surface area contributed by atoms with Crippen LogP contribution in [-0.4, -0.2) is 86.6 Å². The molecule has 0 saturated carbocycles. The minimum atomic E-state index is -0.0890. The Morgan fingerprint density at radius 3 is 2.45 bits per heavy atom. The molecule has 0 bridgehead atoms. The third kappa shape index (κ3) is 7.21. The first-order valence-corrected chi connectivity index (χ1v) is 11.7. The van der Waals surface area contributed by atoms with Crippen molar-refractivity contribution in [3.8, 4) is 0 Å². The summed E-state index contributed by atoms with van der Waals surface area (Å²) in [5, 5.41) is 3.40. The van der Waals surface area contributed by atoms with Gasteiger partial charge in [-0.25, -0.2) is 4.99 Å². The summed E-state index contributed by atoms with van der Waals surface area (Å²) >= 11 is 0. The van der Waals surface area contributed by atoms with Crippen LogP contribution in [0.3, 0.4) is 0 Å². The summed E-state index contributed by atoms with van der Waals surface area (Å²) in [6.07, 6.45) is 2.88. The lowest BCUT2D eigenvalue weighted by Gasteiger charge is -2.33. The number of benzene rings is 1. The van der Waals surface area contributed by atoms with Gasteiger partial charge in [-0.1, -0.05) is 24.3 Å². The predicted molar refractivity (Wildman–Crippen MR) is 125 cm³/mol. The van der Waals surface area contributed by atoms with E-state index in [-0.39, 0.29) is 11.9 Å². The molecule has 0 radical (unpaired) electrons. The molecule has 1 aromatic rings. The third-order valence-corrected chi connectivity index (χ3v) is 6.32. The lowest BCUT2D eigenvalue weighted by atomic mass is 9.97. The molecule has 31 heavy (non-hydrogen) atoms. The number of esters is 1. The highest BCUT2D eigenvalue weighted by Gasteiger charge is 2.26. The Morgan fingerprint density at radius 2 is 1.77 bits per heavy atom. The molecule has 0 amide bonds. The zero-order valence-corrected chi connectivity index (χ0v) is 19.5. The number of methoxy groups -OCH3 is 1. The molecule has 0 spiro atoms. The van der Waals surface area contributed by atoms with Crippen molar-refractivity contribution in [3.05, 3.63) is 35.4 Å². The van der Waals surface area contributed by atoms with E-state index < -0.39 is 0 Å². The van der Waals surface area contributed by atoms with E-state index in [0.717, 1.165) is 58.1 Å². The standard InChI is InChI=1S/C24H39N5O2/c1-4-25-24(29-14-10-22(11-15-29)23(30)31-3)26-18-20-6-8-21(9-7-20)19-28-13-5-12-27(2)16-17-28/h6-9,22H,4-5,10-19H2,1-3H3,(H,25,26). The summed E-state index contributed by atoms with van der Waals surface area (Å²) in [7, 11) is 3.68. The molecule has 0 aromatic heterocycles. The van der Waals surface area contributed by atoms with Crippen LogP contribution in [0, 0.1) is 5.92 Å². The van der Waals surface area contributed by atoms with Crippen LogP contribution in [0.5, 0.6) is 0 Å². The molecule has 0 aliphatic carbocycles. The van der Waals surface area contributed by atoms with Crippen LogP contribution in [0.25, 0.3) is 0 Å². The number of nitrogens with one attached hydrogen (secondary N) is 1. The number of aliphatic imine (C=N–C) groups is 1. The first-order chi connectivity index (χ1) is 15.1. The van der Waals surface area contributed by atoms with Gasteiger partial charge in [0.2, 0.25) is 0 Å². The maximum absolute atomic E-state index is 11.8. The molecule has 2 fully saturated rings. The number of hydrogen-bond acceptors (Lipinski definition) is 5. The van der Waals surface area contributed by atoms with E-state index in [2.05, 4.69) is 58.3 Å². The van der Waals surface area contributed by atoms with Crippen molar-refractivity contribution < 1.29 is 9.53 Å². The number of carbonyl (C=O) groups excluding carboxylic acids is 1. The average molecular weight is 430 g/mol. The SMILES string of the molecule is CCNC(=NCc1ccc(CN2CCCN(C)CC2)cc1)N1CCC(C(=O)OC)CC1. The Morgan fingerprint density at radius 1 is 1.06 bits per heavy atom. The largest absolute Gasteiger partial charge is 0.469 e. The van der Waals surface area contributed by atoms with Gasteiger partial charge in [0, 0.05) is 39.3 Å². The monoisotopic (exact) mass is 429 g/mol. The number of ether oxygens (including phenoxy) is 1. The molecule has 7 heteroatoms. The van der Waals surface area contributed by atoms with Gasteiger partial charge in [-0.2, -0.15) is 0 Å². The molecule has 0 atom stereocenters. The number of hydrogen-bond donors (Lipinski definition) is 1. The highest BCUT2D eigenvalue weighted by atomic mass is 16.5. The second-order valence-electron chi connectivity index (χ2n) is 8.70. The van der Waals surface area contributed by atoms with E-state index in [0.29, 0.717) is 6.54 Å². The molecule has 1 aromatic carbocycles. The summed E-state index contributed by atoms with van der Waals surface area (Å²) < 4.78 is 4.90. The van der Waals surface area contributed by atoms with Crippen LogP contribution >= 0.6 is 0 Å². The molecule has 7 nitrogen and oxygen atoms in total. The Balaban J connectivity index is 1.53. The fourth-order valence-corrected chi connectivity index (χ4v) is 4.35. The number of nitrogens with zero attached hydrogens (tertiary/aromatic N) is 4. The Labute approximate surface area is 187 Å². The highest BCUT2D eigenvalue weighted by Crippen LogP contribution is 2.19. The summed E-state index contributed by atoms with van der Waals surface area (Å²) in [5.41, 5.74) is 2.59. The van der Waals surface area contributed by atoms with Gasteiger partial charge in [-0.15, -0.1) is 0 Å². The van der Waals surface area contributed by atoms with Gasteiger partial charge in [-0.05, 0) is 57.5 Å². The van der Waals surface area contributed by atoms with E-state index in [4.69, 9.17) is 9.73 Å². The first-order valence-electron chi connectivity index (χ1n) is 11.7. The summed E-state index contributed by atoms with van der Waals surface area (Å²) in [4.78, 5) is 23.9. The first kappa shape index (κ1) is 23.5. The Hall–Kier alpha value is -2.12. The molecule has 172 valence electrons. The molecule has 2 aliphatic heterocycles. The van der Waals surface area contributed by atoms with Crippen molar-refractivity contribution in [2.45, 2.75) is 39.3 Å². The molecule has 2 saturated heterocycles. The minimum Gasteiger partial charge on any atom is -0.469 e. The number of rotatable bonds is 6. The summed E-state index contributed by atoms with van der Waals surface area (Å²) in [5.74, 6) is 0.860. The van der Waals surface area contributed by atoms with Crippen molar-refractivity contribution in [2.75, 3.05) is 60.0 Å². The van der Waals surface area contributed by atoms with Crippen molar-refractivity contribution in [1.29, 1.82) is 0 Å². The van der Waals surface area contributed by atoms with Crippen molar-refractivity contribution >= 4 is 11.9 Å². The maximum atomic E-state index is 11.8. The van der Waals surface area contributed by atoms with Gasteiger partial charge < -0.3 is 19.9 Å². The van der Waals surface area contributed by atoms with Gasteiger partial charge in [0.25, 0.3) is 0 Å². The van der Waals surface area contributed by atoms with E-state index >= 15 is 0 Å². The van der Waals surface area contributed by atoms with Crippen LogP contribution in [0.15, 0.2) is 29.3 Å². The zero-order chi connectivity index (χ0) is 22.1. The Kier molecular flexibility index (Phi) is 9.15. The lowest BCUT2D eigenvalue weighted by Crippen LogP contribution is -2.46. The molecule has 3 rings (SSSR count). The van der Waals surface area contributed by atoms with Gasteiger partial charge in [-0.3, -0.25) is 9.69 Å². The number of likely N-dealkylation sites (N-methyl/N-ethyl adjacent to an activating group) is 1. The fraction of sp³-hybridized carbons (Fsp3) is 0.667. The normalized spacial score (nSPS) is 19.8. The van der Waals surface area contributed by atoms with Gasteiger partial charge >= 0.3 is 5.97 Å². The van der Waals surface area contributed by atoms with Crippen molar-refractivity contribution in [3.63, 3.8) is 0 Å². The van der Waals surface area contributed by atoms with Crippen molar-refractivity contribution in [1.82, 2.24) is 20.0 Å². The number of likely N-dealkylation sites (tertiary alicyclic amines) is 1. The van der Waals surface area contributed by atoms with Crippen LogP contribution in [0.4, 0.5) is 0 Å². The Bertz CT molecular complexity index is 713. The topological polar surface area (TPSA) is 60.4 Å². The predicted octanol–water partition coefficient (Wildman–Crippen LogP) is 2.17. The van der Waals surface area contributed by atoms with Gasteiger partial charge in [0.15, 0.2) is 5.96 Å². The van der Waals surface area contributed by atoms with Crippen molar-refractivity contribution in [2.24, 2.45) is 10.9 Å². The quantitative estimate of drug-likeness (QED) is 0.425. The molecule has 2 aliphatic rings. The highest BCUT2D eigenvalue weighted by molar-refractivity contribution is 5.80. The van der Waals surface area contributed by atoms with E-state index in [9.17, 15) is 4.79 Å². The van der Waals surface area contributed by atoms with Crippen LogP contribution in [-0.2, 0) is 22.6 Å². The summed E-state index contributed by atoms with van der Waals surface area (Å²) in [6.45, 7) is 10.9. The van der Waals surface area contributed by atoms with Gasteiger partial charge in [0.05, 0.1) is 19.6 Å². The van der Waals surface area contributed by atoms with Gasteiger partial charge in [0.1, 0.15) is 0 Å². The molecule has 1 N–H and O–H groups in total. The molecular formula is C24H39N5O2. The molecule has 0 unspecified atom stereocenters. The zero-order valence-electron chi connectivity index (χ0n) is 19.5. The maximum Gasteiger partial charge on any atom is 0.308 e. The second-order valence-corrected chi connectivity index (χ2v) is 8.70. The average Bonchev–Trinajstić information content (AvgIpc) is 3.01. The van der Waals surface area contributed by atoms with E-state index in [1.807, 2.05) is 0 Å². The lowest BCUT2D eigenvalue weighted by molar-refractivity contribution is -0.146. The number of carbonyl (C=O) groups is 1. The van der Waals surface area contributed by atoms with Crippen LogP contribution in [0.2, 0.25) is 0 Å². The molecule has 2 heterocycles.